The molecular weight excluding hydrogens is 84.1 g/mol. The van der Waals surface area contributed by atoms with Gasteiger partial charge in [-0.25, -0.2) is 0 Å². The van der Waals surface area contributed by atoms with Gasteiger partial charge >= 0.3 is 0 Å². The maximum Gasteiger partial charge on any atom is -0.0167 e. The molecule has 0 heterocycles. The van der Waals surface area contributed by atoms with Crippen LogP contribution in [-0.4, -0.2) is 0 Å². The largest absolute Gasteiger partial charge is 0.103 e. The van der Waals surface area contributed by atoms with Crippen molar-refractivity contribution in [3.63, 3.8) is 0 Å². The summed E-state index contributed by atoms with van der Waals surface area (Å²) in [6.45, 7) is 7.35. The summed E-state index contributed by atoms with van der Waals surface area (Å²) in [5.74, 6) is 1.52. The van der Waals surface area contributed by atoms with Crippen molar-refractivity contribution in [2.75, 3.05) is 0 Å². The van der Waals surface area contributed by atoms with Crippen LogP contribution in [0.1, 0.15) is 6.42 Å². The van der Waals surface area contributed by atoms with Crippen LogP contribution in [0.4, 0.5) is 0 Å². The van der Waals surface area contributed by atoms with Gasteiger partial charge in [-0.1, -0.05) is 12.2 Å². The molecule has 1 aliphatic rings. The van der Waals surface area contributed by atoms with Gasteiger partial charge in [0.1, 0.15) is 0 Å². The first-order valence-electron chi connectivity index (χ1n) is 2.63. The van der Waals surface area contributed by atoms with Crippen LogP contribution in [0.15, 0.2) is 25.3 Å². The standard InChI is InChI=1S/C7H10/c1-3-6-5-7(6)4-2/h3-4,6-7H,1-2,5H2/t6-,7?/m0/s1. The van der Waals surface area contributed by atoms with E-state index in [9.17, 15) is 0 Å². The van der Waals surface area contributed by atoms with Crippen LogP contribution in [0.25, 0.3) is 0 Å². The van der Waals surface area contributed by atoms with Crippen molar-refractivity contribution in [1.82, 2.24) is 0 Å². The number of hydrogen-bond donors (Lipinski definition) is 0. The molecule has 1 fully saturated rings. The molecule has 0 aromatic carbocycles. The third-order valence-electron chi connectivity index (χ3n) is 1.50. The molecule has 38 valence electrons. The molecule has 0 heteroatoms. The molecule has 0 nitrogen and oxygen atoms in total. The Labute approximate surface area is 44.5 Å². The first-order chi connectivity index (χ1) is 3.38. The molecule has 1 aliphatic carbocycles. The molecule has 1 rings (SSSR count). The summed E-state index contributed by atoms with van der Waals surface area (Å²) in [7, 11) is 0. The van der Waals surface area contributed by atoms with Gasteiger partial charge in [0.05, 0.1) is 0 Å². The van der Waals surface area contributed by atoms with Crippen molar-refractivity contribution in [1.29, 1.82) is 0 Å². The van der Waals surface area contributed by atoms with E-state index >= 15 is 0 Å². The highest BCUT2D eigenvalue weighted by atomic mass is 14.3. The molecule has 0 saturated heterocycles. The van der Waals surface area contributed by atoms with E-state index in [1.165, 1.54) is 6.42 Å². The second kappa shape index (κ2) is 1.53. The fraction of sp³-hybridized carbons (Fsp3) is 0.429. The van der Waals surface area contributed by atoms with Crippen molar-refractivity contribution >= 4 is 0 Å². The summed E-state index contributed by atoms with van der Waals surface area (Å²) in [5, 5.41) is 0. The van der Waals surface area contributed by atoms with E-state index in [1.54, 1.807) is 0 Å². The van der Waals surface area contributed by atoms with Crippen LogP contribution in [0, 0.1) is 11.8 Å². The minimum absolute atomic E-state index is 0.762. The Kier molecular flexibility index (Phi) is 1.01. The average molecular weight is 94.2 g/mol. The van der Waals surface area contributed by atoms with E-state index < -0.39 is 0 Å². The van der Waals surface area contributed by atoms with E-state index in [0.29, 0.717) is 0 Å². The van der Waals surface area contributed by atoms with Gasteiger partial charge in [0, 0.05) is 0 Å². The third kappa shape index (κ3) is 0.738. The molecule has 0 amide bonds. The molecule has 0 spiro atoms. The Hall–Kier alpha value is -0.520. The second-order valence-electron chi connectivity index (χ2n) is 2.03. The highest BCUT2D eigenvalue weighted by Gasteiger charge is 2.30. The molecule has 0 N–H and O–H groups in total. The lowest BCUT2D eigenvalue weighted by Gasteiger charge is -1.75. The van der Waals surface area contributed by atoms with Crippen LogP contribution < -0.4 is 0 Å². The first kappa shape index (κ1) is 4.63. The van der Waals surface area contributed by atoms with Gasteiger partial charge in [0.2, 0.25) is 0 Å². The minimum Gasteiger partial charge on any atom is -0.103 e. The highest BCUT2D eigenvalue weighted by Crippen LogP contribution is 2.39. The lowest BCUT2D eigenvalue weighted by Crippen LogP contribution is -1.65. The van der Waals surface area contributed by atoms with Crippen LogP contribution in [0.5, 0.6) is 0 Å². The Balaban J connectivity index is 2.30. The van der Waals surface area contributed by atoms with Gasteiger partial charge in [-0.15, -0.1) is 13.2 Å². The van der Waals surface area contributed by atoms with E-state index in [4.69, 9.17) is 0 Å². The predicted octanol–water partition coefficient (Wildman–Crippen LogP) is 1.99. The topological polar surface area (TPSA) is 0 Å². The minimum atomic E-state index is 0.762. The molecule has 0 radical (unpaired) electrons. The fourth-order valence-corrected chi connectivity index (χ4v) is 0.778. The third-order valence-corrected chi connectivity index (χ3v) is 1.50. The normalized spacial score (nSPS) is 37.1. The summed E-state index contributed by atoms with van der Waals surface area (Å²) in [5.41, 5.74) is 0. The zero-order valence-corrected chi connectivity index (χ0v) is 4.43. The lowest BCUT2D eigenvalue weighted by atomic mass is 10.3. The quantitative estimate of drug-likeness (QED) is 0.459. The maximum absolute atomic E-state index is 3.67. The fourth-order valence-electron chi connectivity index (χ4n) is 0.778. The molecular formula is C7H10. The summed E-state index contributed by atoms with van der Waals surface area (Å²) in [6, 6.07) is 0. The van der Waals surface area contributed by atoms with E-state index in [1.807, 2.05) is 12.2 Å². The van der Waals surface area contributed by atoms with Crippen LogP contribution in [-0.2, 0) is 0 Å². The molecule has 0 aromatic heterocycles. The first-order valence-corrected chi connectivity index (χ1v) is 2.63. The molecule has 1 saturated carbocycles. The predicted molar refractivity (Wildman–Crippen MR) is 32.0 cm³/mol. The lowest BCUT2D eigenvalue weighted by molar-refractivity contribution is 1.00. The molecule has 0 bridgehead atoms. The van der Waals surface area contributed by atoms with Gasteiger partial charge in [0.25, 0.3) is 0 Å². The summed E-state index contributed by atoms with van der Waals surface area (Å²) >= 11 is 0. The zero-order valence-electron chi connectivity index (χ0n) is 4.43. The Morgan fingerprint density at radius 3 is 1.71 bits per heavy atom. The van der Waals surface area contributed by atoms with Crippen molar-refractivity contribution < 1.29 is 0 Å². The monoisotopic (exact) mass is 94.1 g/mol. The molecule has 7 heavy (non-hydrogen) atoms. The van der Waals surface area contributed by atoms with E-state index in [0.717, 1.165) is 11.8 Å². The summed E-state index contributed by atoms with van der Waals surface area (Å²) in [4.78, 5) is 0. The Morgan fingerprint density at radius 2 is 1.57 bits per heavy atom. The van der Waals surface area contributed by atoms with E-state index in [2.05, 4.69) is 13.2 Å². The van der Waals surface area contributed by atoms with Gasteiger partial charge in [-0.05, 0) is 18.3 Å². The number of rotatable bonds is 2. The average Bonchev–Trinajstić information content (AvgIpc) is 2.43. The zero-order chi connectivity index (χ0) is 5.28. The van der Waals surface area contributed by atoms with Crippen molar-refractivity contribution in [3.05, 3.63) is 25.3 Å². The smallest absolute Gasteiger partial charge is 0.0167 e. The van der Waals surface area contributed by atoms with Gasteiger partial charge in [-0.2, -0.15) is 0 Å². The molecule has 0 aromatic rings. The second-order valence-corrected chi connectivity index (χ2v) is 2.03. The van der Waals surface area contributed by atoms with Gasteiger partial charge < -0.3 is 0 Å². The van der Waals surface area contributed by atoms with E-state index in [-0.39, 0.29) is 0 Å². The van der Waals surface area contributed by atoms with Crippen LogP contribution in [0.3, 0.4) is 0 Å². The van der Waals surface area contributed by atoms with Crippen molar-refractivity contribution in [2.24, 2.45) is 11.8 Å². The van der Waals surface area contributed by atoms with Crippen LogP contribution in [0.2, 0.25) is 0 Å². The molecule has 1 unspecified atom stereocenters. The Morgan fingerprint density at radius 1 is 1.14 bits per heavy atom. The highest BCUT2D eigenvalue weighted by molar-refractivity contribution is 5.05. The maximum atomic E-state index is 3.67. The van der Waals surface area contributed by atoms with Gasteiger partial charge in [0.15, 0.2) is 0 Å². The number of allylic oxidation sites excluding steroid dienone is 2. The van der Waals surface area contributed by atoms with Crippen LogP contribution >= 0.6 is 0 Å². The number of hydrogen-bond acceptors (Lipinski definition) is 0. The van der Waals surface area contributed by atoms with Crippen molar-refractivity contribution in [2.45, 2.75) is 6.42 Å². The molecule has 2 atom stereocenters. The Bertz CT molecular complexity index is 80.2. The van der Waals surface area contributed by atoms with Crippen molar-refractivity contribution in [3.8, 4) is 0 Å². The summed E-state index contributed by atoms with van der Waals surface area (Å²) < 4.78 is 0. The summed E-state index contributed by atoms with van der Waals surface area (Å²) in [6.07, 6.45) is 5.30. The van der Waals surface area contributed by atoms with Gasteiger partial charge in [-0.3, -0.25) is 0 Å². The molecule has 0 aliphatic heterocycles. The SMILES string of the molecule is C=CC1C[C@@H]1C=C.